The number of hydrogen-bond donors (Lipinski definition) is 2. The maximum Gasteiger partial charge on any atom is 0.0608 e. The highest BCUT2D eigenvalue weighted by Crippen LogP contribution is 1.97. The van der Waals surface area contributed by atoms with Crippen LogP contribution in [0.25, 0.3) is 0 Å². The van der Waals surface area contributed by atoms with Crippen LogP contribution in [-0.4, -0.2) is 50.4 Å². The van der Waals surface area contributed by atoms with E-state index in [1.807, 2.05) is 0 Å². The first-order valence-electron chi connectivity index (χ1n) is 4.25. The molecule has 2 saturated heterocycles. The summed E-state index contributed by atoms with van der Waals surface area (Å²) in [4.78, 5) is 0. The minimum absolute atomic E-state index is 0.660. The Kier molecular flexibility index (Phi) is 2.38. The summed E-state index contributed by atoms with van der Waals surface area (Å²) in [5.74, 6) is 0. The van der Waals surface area contributed by atoms with E-state index in [0.717, 1.165) is 39.4 Å². The number of nitrogens with one attached hydrogen (secondary N) is 2. The lowest BCUT2D eigenvalue weighted by molar-refractivity contribution is -0.00107. The zero-order chi connectivity index (χ0) is 7.52. The van der Waals surface area contributed by atoms with Gasteiger partial charge in [0.25, 0.3) is 0 Å². The Hall–Kier alpha value is -0.160. The van der Waals surface area contributed by atoms with Crippen molar-refractivity contribution in [3.8, 4) is 0 Å². The second-order valence-corrected chi connectivity index (χ2v) is 3.08. The number of morpholine rings is 1. The van der Waals surface area contributed by atoms with Gasteiger partial charge in [0.2, 0.25) is 0 Å². The largest absolute Gasteiger partial charge is 0.379 e. The monoisotopic (exact) mass is 157 g/mol. The third kappa shape index (κ3) is 1.90. The van der Waals surface area contributed by atoms with Crippen molar-refractivity contribution in [2.45, 2.75) is 6.04 Å². The Labute approximate surface area is 66.9 Å². The van der Waals surface area contributed by atoms with Crippen LogP contribution >= 0.6 is 0 Å². The van der Waals surface area contributed by atoms with Gasteiger partial charge in [0.05, 0.1) is 13.2 Å². The molecular formula is C7H15N3O. The van der Waals surface area contributed by atoms with Gasteiger partial charge < -0.3 is 10.1 Å². The van der Waals surface area contributed by atoms with Crippen molar-refractivity contribution >= 4 is 0 Å². The maximum atomic E-state index is 5.24. The number of nitrogens with zero attached hydrogens (tertiary/aromatic N) is 1. The van der Waals surface area contributed by atoms with E-state index in [1.165, 1.54) is 0 Å². The van der Waals surface area contributed by atoms with Crippen LogP contribution in [0.5, 0.6) is 0 Å². The van der Waals surface area contributed by atoms with Crippen LogP contribution in [-0.2, 0) is 4.74 Å². The number of ether oxygens (including phenoxy) is 1. The van der Waals surface area contributed by atoms with Gasteiger partial charge in [0.15, 0.2) is 0 Å². The van der Waals surface area contributed by atoms with E-state index >= 15 is 0 Å². The molecule has 11 heavy (non-hydrogen) atoms. The van der Waals surface area contributed by atoms with Gasteiger partial charge in [0, 0.05) is 32.2 Å². The summed E-state index contributed by atoms with van der Waals surface area (Å²) in [5.41, 5.74) is 3.45. The van der Waals surface area contributed by atoms with Gasteiger partial charge in [-0.25, -0.2) is 10.4 Å². The topological polar surface area (TPSA) is 36.5 Å². The van der Waals surface area contributed by atoms with Crippen molar-refractivity contribution in [3.63, 3.8) is 0 Å². The summed E-state index contributed by atoms with van der Waals surface area (Å²) in [6, 6.07) is 0.660. The Balaban J connectivity index is 1.67. The Morgan fingerprint density at radius 2 is 2.00 bits per heavy atom. The third-order valence-corrected chi connectivity index (χ3v) is 2.16. The van der Waals surface area contributed by atoms with Crippen molar-refractivity contribution in [1.82, 2.24) is 15.8 Å². The van der Waals surface area contributed by atoms with Gasteiger partial charge in [-0.3, -0.25) is 0 Å². The average Bonchev–Trinajstić information content (AvgIpc) is 1.99. The van der Waals surface area contributed by atoms with Crippen LogP contribution in [0, 0.1) is 0 Å². The van der Waals surface area contributed by atoms with Crippen molar-refractivity contribution in [2.24, 2.45) is 0 Å². The normalized spacial score (nSPS) is 28.4. The highest BCUT2D eigenvalue weighted by atomic mass is 16.5. The minimum atomic E-state index is 0.660. The summed E-state index contributed by atoms with van der Waals surface area (Å²) in [6.07, 6.45) is 0. The molecular weight excluding hydrogens is 142 g/mol. The highest BCUT2D eigenvalue weighted by Gasteiger charge is 2.20. The molecule has 4 nitrogen and oxygen atoms in total. The fourth-order valence-corrected chi connectivity index (χ4v) is 1.33. The molecule has 0 spiro atoms. The van der Waals surface area contributed by atoms with Gasteiger partial charge in [-0.05, 0) is 0 Å². The number of rotatable bonds is 2. The van der Waals surface area contributed by atoms with E-state index in [-0.39, 0.29) is 0 Å². The molecule has 0 radical (unpaired) electrons. The molecule has 0 bridgehead atoms. The summed E-state index contributed by atoms with van der Waals surface area (Å²) in [7, 11) is 0. The van der Waals surface area contributed by atoms with Crippen LogP contribution in [0.4, 0.5) is 0 Å². The predicted octanol–water partition coefficient (Wildman–Crippen LogP) is -1.20. The standard InChI is InChI=1S/C7H15N3O/c1-3-11-4-2-10(1)9-7-5-8-6-7/h7-9H,1-6H2. The molecule has 4 heteroatoms. The van der Waals surface area contributed by atoms with E-state index < -0.39 is 0 Å². The van der Waals surface area contributed by atoms with Gasteiger partial charge in [0.1, 0.15) is 0 Å². The second kappa shape index (κ2) is 3.49. The van der Waals surface area contributed by atoms with Crippen molar-refractivity contribution in [2.75, 3.05) is 39.4 Å². The lowest BCUT2D eigenvalue weighted by Crippen LogP contribution is -2.61. The smallest absolute Gasteiger partial charge is 0.0608 e. The first kappa shape index (κ1) is 7.49. The van der Waals surface area contributed by atoms with E-state index in [0.29, 0.717) is 6.04 Å². The van der Waals surface area contributed by atoms with Crippen LogP contribution in [0.1, 0.15) is 0 Å². The first-order chi connectivity index (χ1) is 5.45. The molecule has 2 aliphatic heterocycles. The lowest BCUT2D eigenvalue weighted by Gasteiger charge is -2.36. The molecule has 2 heterocycles. The van der Waals surface area contributed by atoms with E-state index in [2.05, 4.69) is 15.8 Å². The Morgan fingerprint density at radius 1 is 1.27 bits per heavy atom. The Bertz CT molecular complexity index is 121. The fraction of sp³-hybridized carbons (Fsp3) is 1.00. The number of hydrazine groups is 1. The summed E-state index contributed by atoms with van der Waals surface area (Å²) in [5, 5.41) is 5.49. The van der Waals surface area contributed by atoms with Gasteiger partial charge in [-0.15, -0.1) is 0 Å². The van der Waals surface area contributed by atoms with E-state index in [4.69, 9.17) is 4.74 Å². The van der Waals surface area contributed by atoms with Crippen LogP contribution < -0.4 is 10.7 Å². The molecule has 0 amide bonds. The van der Waals surface area contributed by atoms with Crippen molar-refractivity contribution in [3.05, 3.63) is 0 Å². The van der Waals surface area contributed by atoms with Crippen LogP contribution in [0.15, 0.2) is 0 Å². The molecule has 2 aliphatic rings. The summed E-state index contributed by atoms with van der Waals surface area (Å²) in [6.45, 7) is 6.00. The van der Waals surface area contributed by atoms with Gasteiger partial charge in [-0.1, -0.05) is 0 Å². The van der Waals surface area contributed by atoms with Crippen LogP contribution in [0.3, 0.4) is 0 Å². The quantitative estimate of drug-likeness (QED) is 0.527. The van der Waals surface area contributed by atoms with Gasteiger partial charge >= 0.3 is 0 Å². The summed E-state index contributed by atoms with van der Waals surface area (Å²) >= 11 is 0. The maximum absolute atomic E-state index is 5.24. The molecule has 2 fully saturated rings. The molecule has 0 aromatic rings. The Morgan fingerprint density at radius 3 is 2.55 bits per heavy atom. The summed E-state index contributed by atoms with van der Waals surface area (Å²) < 4.78 is 5.24. The lowest BCUT2D eigenvalue weighted by atomic mass is 10.2. The molecule has 0 saturated carbocycles. The predicted molar refractivity (Wildman–Crippen MR) is 42.2 cm³/mol. The third-order valence-electron chi connectivity index (χ3n) is 2.16. The van der Waals surface area contributed by atoms with Crippen molar-refractivity contribution < 1.29 is 4.74 Å². The highest BCUT2D eigenvalue weighted by molar-refractivity contribution is 4.80. The second-order valence-electron chi connectivity index (χ2n) is 3.08. The minimum Gasteiger partial charge on any atom is -0.379 e. The molecule has 0 atom stereocenters. The van der Waals surface area contributed by atoms with E-state index in [9.17, 15) is 0 Å². The molecule has 0 unspecified atom stereocenters. The van der Waals surface area contributed by atoms with Crippen LogP contribution in [0.2, 0.25) is 0 Å². The molecule has 64 valence electrons. The fourth-order valence-electron chi connectivity index (χ4n) is 1.33. The SMILES string of the molecule is C1CN(NC2CNC2)CCO1. The molecule has 2 N–H and O–H groups in total. The zero-order valence-electron chi connectivity index (χ0n) is 6.68. The molecule has 2 rings (SSSR count). The molecule has 0 aromatic carbocycles. The zero-order valence-corrected chi connectivity index (χ0v) is 6.68. The van der Waals surface area contributed by atoms with Gasteiger partial charge in [-0.2, -0.15) is 0 Å². The average molecular weight is 157 g/mol. The molecule has 0 aromatic heterocycles. The van der Waals surface area contributed by atoms with Crippen molar-refractivity contribution in [1.29, 1.82) is 0 Å². The number of hydrogen-bond acceptors (Lipinski definition) is 4. The molecule has 0 aliphatic carbocycles. The first-order valence-corrected chi connectivity index (χ1v) is 4.25. The van der Waals surface area contributed by atoms with E-state index in [1.54, 1.807) is 0 Å².